The van der Waals surface area contributed by atoms with Crippen LogP contribution >= 0.6 is 0 Å². The normalized spacial score (nSPS) is 17.3. The first kappa shape index (κ1) is 28.4. The number of fused-ring (bicyclic) bond motifs is 2. The van der Waals surface area contributed by atoms with Crippen molar-refractivity contribution in [2.24, 2.45) is 0 Å². The number of urea groups is 1. The van der Waals surface area contributed by atoms with Crippen LogP contribution in [0.2, 0.25) is 0 Å². The average molecular weight is 541 g/mol. The van der Waals surface area contributed by atoms with Gasteiger partial charge in [-0.1, -0.05) is 6.07 Å². The molecule has 1 aromatic heterocycles. The number of aryl methyl sites for hydroxylation is 2. The van der Waals surface area contributed by atoms with Crippen LogP contribution < -0.4 is 43.9 Å². The van der Waals surface area contributed by atoms with Crippen LogP contribution in [0.15, 0.2) is 18.5 Å². The van der Waals surface area contributed by atoms with E-state index in [9.17, 15) is 13.2 Å². The summed E-state index contributed by atoms with van der Waals surface area (Å²) >= 11 is 0. The molecule has 10 nitrogen and oxygen atoms in total. The molecule has 2 amide bonds. The minimum absolute atomic E-state index is 0. The molecule has 0 bridgehead atoms. The molecule has 1 aromatic carbocycles. The summed E-state index contributed by atoms with van der Waals surface area (Å²) in [6, 6.07) is 1.24. The third-order valence-corrected chi connectivity index (χ3v) is 8.84. The van der Waals surface area contributed by atoms with Crippen LogP contribution in [0.5, 0.6) is 0 Å². The van der Waals surface area contributed by atoms with Gasteiger partial charge in [-0.3, -0.25) is 4.68 Å². The number of nitrogens with zero attached hydrogens (tertiary/aromatic N) is 4. The van der Waals surface area contributed by atoms with Gasteiger partial charge in [-0.05, 0) is 87.7 Å². The average Bonchev–Trinajstić information content (AvgIpc) is 3.59. The predicted molar refractivity (Wildman–Crippen MR) is 140 cm³/mol. The zero-order valence-corrected chi connectivity index (χ0v) is 24.9. The zero-order chi connectivity index (χ0) is 25.3. The van der Waals surface area contributed by atoms with Crippen molar-refractivity contribution in [1.82, 2.24) is 19.4 Å². The molecule has 12 heteroatoms. The van der Waals surface area contributed by atoms with E-state index in [2.05, 4.69) is 21.2 Å². The van der Waals surface area contributed by atoms with Crippen LogP contribution in [0, 0.1) is 0 Å². The SMILES string of the molecule is CN(C)CCn1cc(N(C2CCOCC2)S(=O)(=O)NC(=O)Nc2c3c(cc4c2CCC4)CCC3)cn1.[H-].[Na+]. The van der Waals surface area contributed by atoms with Gasteiger partial charge >= 0.3 is 45.8 Å². The Labute approximate surface area is 243 Å². The number of aromatic nitrogens is 2. The number of hydrogen-bond donors (Lipinski definition) is 2. The molecule has 2 aromatic rings. The first-order valence-corrected chi connectivity index (χ1v) is 14.3. The summed E-state index contributed by atoms with van der Waals surface area (Å²) in [6.45, 7) is 2.35. The van der Waals surface area contributed by atoms with Crippen molar-refractivity contribution in [2.45, 2.75) is 64.0 Å². The monoisotopic (exact) mass is 540 g/mol. The maximum Gasteiger partial charge on any atom is 1.00 e. The third kappa shape index (κ3) is 6.34. The Bertz CT molecular complexity index is 1200. The number of ether oxygens (including phenoxy) is 1. The van der Waals surface area contributed by atoms with Crippen LogP contribution in [-0.4, -0.2) is 69.0 Å². The molecule has 0 radical (unpaired) electrons. The van der Waals surface area contributed by atoms with Gasteiger partial charge in [0, 0.05) is 31.6 Å². The molecule has 1 aliphatic heterocycles. The van der Waals surface area contributed by atoms with E-state index >= 15 is 0 Å². The third-order valence-electron chi connectivity index (χ3n) is 7.37. The second-order valence-corrected chi connectivity index (χ2v) is 11.7. The quantitative estimate of drug-likeness (QED) is 0.441. The topological polar surface area (TPSA) is 109 Å². The second kappa shape index (κ2) is 12.0. The molecule has 1 saturated heterocycles. The fraction of sp³-hybridized carbons (Fsp3) is 0.600. The fourth-order valence-electron chi connectivity index (χ4n) is 5.63. The number of carbonyl (C=O) groups excluding carboxylic acids is 1. The first-order valence-electron chi connectivity index (χ1n) is 12.9. The molecule has 1 fully saturated rings. The van der Waals surface area contributed by atoms with Gasteiger partial charge in [0.1, 0.15) is 0 Å². The van der Waals surface area contributed by atoms with E-state index in [1.165, 1.54) is 15.4 Å². The summed E-state index contributed by atoms with van der Waals surface area (Å²) in [6.07, 6.45) is 10.3. The van der Waals surface area contributed by atoms with Crippen molar-refractivity contribution in [1.29, 1.82) is 0 Å². The number of rotatable bonds is 8. The first-order chi connectivity index (χ1) is 17.3. The number of likely N-dealkylation sites (N-methyl/N-ethyl adjacent to an activating group) is 1. The van der Waals surface area contributed by atoms with E-state index in [4.69, 9.17) is 4.74 Å². The molecule has 0 spiro atoms. The molecule has 2 N–H and O–H groups in total. The van der Waals surface area contributed by atoms with Gasteiger partial charge < -0.3 is 16.4 Å². The summed E-state index contributed by atoms with van der Waals surface area (Å²) in [5.41, 5.74) is 6.14. The maximum atomic E-state index is 13.6. The van der Waals surface area contributed by atoms with Crippen LogP contribution in [0.4, 0.5) is 16.2 Å². The molecule has 5 rings (SSSR count). The zero-order valence-electron chi connectivity index (χ0n) is 23.1. The molecule has 2 aliphatic carbocycles. The van der Waals surface area contributed by atoms with Gasteiger partial charge in [0.05, 0.1) is 24.5 Å². The molecule has 0 unspecified atom stereocenters. The summed E-state index contributed by atoms with van der Waals surface area (Å²) < 4.78 is 38.1. The Morgan fingerprint density at radius 3 is 2.41 bits per heavy atom. The van der Waals surface area contributed by atoms with Gasteiger partial charge in [0.15, 0.2) is 0 Å². The van der Waals surface area contributed by atoms with Gasteiger partial charge in [0.25, 0.3) is 0 Å². The van der Waals surface area contributed by atoms with Crippen LogP contribution in [0.25, 0.3) is 0 Å². The Balaban J connectivity index is 0.00000200. The number of amides is 2. The van der Waals surface area contributed by atoms with Crippen LogP contribution in [0.3, 0.4) is 0 Å². The van der Waals surface area contributed by atoms with Crippen molar-refractivity contribution >= 4 is 27.6 Å². The summed E-state index contributed by atoms with van der Waals surface area (Å²) in [5.74, 6) is 0. The number of benzene rings is 1. The minimum atomic E-state index is -4.19. The van der Waals surface area contributed by atoms with Crippen molar-refractivity contribution in [3.05, 3.63) is 40.7 Å². The summed E-state index contributed by atoms with van der Waals surface area (Å²) in [5, 5.41) is 7.31. The van der Waals surface area contributed by atoms with Crippen LogP contribution in [-0.2, 0) is 47.2 Å². The predicted octanol–water partition coefficient (Wildman–Crippen LogP) is -0.409. The molecule has 198 valence electrons. The van der Waals surface area contributed by atoms with E-state index in [0.29, 0.717) is 38.3 Å². The van der Waals surface area contributed by atoms with E-state index in [1.807, 2.05) is 19.0 Å². The second-order valence-electron chi connectivity index (χ2n) is 10.2. The Morgan fingerprint density at radius 2 is 1.78 bits per heavy atom. The fourth-order valence-corrected chi connectivity index (χ4v) is 6.99. The Hall–Kier alpha value is -1.63. The Morgan fingerprint density at radius 1 is 1.14 bits per heavy atom. The molecular formula is C25H37N6NaO4S. The van der Waals surface area contributed by atoms with Gasteiger partial charge in [-0.2, -0.15) is 13.5 Å². The van der Waals surface area contributed by atoms with E-state index < -0.39 is 16.2 Å². The minimum Gasteiger partial charge on any atom is -1.00 e. The molecular weight excluding hydrogens is 503 g/mol. The summed E-state index contributed by atoms with van der Waals surface area (Å²) in [4.78, 5) is 15.2. The van der Waals surface area contributed by atoms with Crippen molar-refractivity contribution < 1.29 is 48.9 Å². The largest absolute Gasteiger partial charge is 1.00 e. The number of hydrogen-bond acceptors (Lipinski definition) is 6. The number of nitrogens with one attached hydrogen (secondary N) is 2. The number of anilines is 2. The summed E-state index contributed by atoms with van der Waals surface area (Å²) in [7, 11) is -0.238. The molecule has 37 heavy (non-hydrogen) atoms. The number of carbonyl (C=O) groups is 1. The van der Waals surface area contributed by atoms with Gasteiger partial charge in [-0.15, -0.1) is 0 Å². The van der Waals surface area contributed by atoms with E-state index in [-0.39, 0.29) is 37.0 Å². The smallest absolute Gasteiger partial charge is 1.00 e. The van der Waals surface area contributed by atoms with E-state index in [1.54, 1.807) is 17.1 Å². The standard InChI is InChI=1S/C25H36N6O4S.Na.H/c1-29(2)11-12-30-17-21(16-26-30)31(20-9-13-35-14-10-20)36(33,34)28-25(32)27-24-22-7-3-5-18(22)15-19-6-4-8-23(19)24;;/h15-17,20H,3-14H2,1-2H3,(H2,27,28,32);;/q;+1;-1. The molecule has 0 atom stereocenters. The molecule has 2 heterocycles. The van der Waals surface area contributed by atoms with Crippen LogP contribution in [0.1, 0.15) is 49.4 Å². The Kier molecular flexibility index (Phi) is 9.24. The van der Waals surface area contributed by atoms with E-state index in [0.717, 1.165) is 61.9 Å². The molecule has 0 saturated carbocycles. The van der Waals surface area contributed by atoms with Gasteiger partial charge in [0.2, 0.25) is 0 Å². The molecule has 3 aliphatic rings. The maximum absolute atomic E-state index is 13.6. The van der Waals surface area contributed by atoms with Crippen molar-refractivity contribution in [3.8, 4) is 0 Å². The van der Waals surface area contributed by atoms with Gasteiger partial charge in [-0.25, -0.2) is 13.8 Å². The van der Waals surface area contributed by atoms with Crippen molar-refractivity contribution in [3.63, 3.8) is 0 Å². The van der Waals surface area contributed by atoms with Crippen molar-refractivity contribution in [2.75, 3.05) is 43.5 Å².